The highest BCUT2D eigenvalue weighted by atomic mass is 32.2. The van der Waals surface area contributed by atoms with Crippen molar-refractivity contribution in [3.05, 3.63) is 54.1 Å². The second kappa shape index (κ2) is 9.11. The summed E-state index contributed by atoms with van der Waals surface area (Å²) >= 11 is 1.23. The number of methoxy groups -OCH3 is 1. The third-order valence-corrected chi connectivity index (χ3v) is 4.89. The number of hydrogen-bond acceptors (Lipinski definition) is 6. The van der Waals surface area contributed by atoms with Crippen molar-refractivity contribution in [3.8, 4) is 17.6 Å². The molecule has 0 aliphatic carbocycles. The van der Waals surface area contributed by atoms with Gasteiger partial charge in [0.15, 0.2) is 0 Å². The molecule has 0 bridgehead atoms. The summed E-state index contributed by atoms with van der Waals surface area (Å²) in [5.74, 6) is 1.41. The molecule has 1 heterocycles. The van der Waals surface area contributed by atoms with Gasteiger partial charge in [-0.1, -0.05) is 11.8 Å². The normalized spacial score (nSPS) is 10.3. The van der Waals surface area contributed by atoms with Gasteiger partial charge < -0.3 is 14.8 Å². The molecule has 0 spiro atoms. The smallest absolute Gasteiger partial charge is 0.234 e. The van der Waals surface area contributed by atoms with Crippen LogP contribution in [-0.2, 0) is 4.79 Å². The van der Waals surface area contributed by atoms with Crippen molar-refractivity contribution in [1.82, 2.24) is 4.98 Å². The first-order valence-corrected chi connectivity index (χ1v) is 9.66. The molecular weight excluding hydrogens is 374 g/mol. The maximum Gasteiger partial charge on any atom is 0.234 e. The lowest BCUT2D eigenvalue weighted by Gasteiger charge is -2.09. The summed E-state index contributed by atoms with van der Waals surface area (Å²) in [6, 6.07) is 16.6. The van der Waals surface area contributed by atoms with Crippen LogP contribution in [0.4, 0.5) is 5.69 Å². The van der Waals surface area contributed by atoms with Crippen LogP contribution >= 0.6 is 11.8 Å². The molecule has 2 aromatic carbocycles. The van der Waals surface area contributed by atoms with Gasteiger partial charge >= 0.3 is 0 Å². The fraction of sp³-hybridized carbons (Fsp3) is 0.190. The summed E-state index contributed by atoms with van der Waals surface area (Å²) in [5.41, 5.74) is 1.85. The van der Waals surface area contributed by atoms with Gasteiger partial charge in [0.25, 0.3) is 0 Å². The molecule has 0 unspecified atom stereocenters. The molecule has 28 heavy (non-hydrogen) atoms. The molecule has 3 aromatic rings. The number of nitrogens with one attached hydrogen (secondary N) is 1. The number of pyridine rings is 1. The standard InChI is InChI=1S/C21H19N3O3S/c1-3-27-18-7-4-14-10-15(12-22)21(24-19(14)11-18)28-13-20(25)23-16-5-8-17(26-2)9-6-16/h4-11H,3,13H2,1-2H3,(H,23,25). The number of hydrogen-bond donors (Lipinski definition) is 1. The van der Waals surface area contributed by atoms with Gasteiger partial charge in [0.05, 0.1) is 30.5 Å². The Bertz CT molecular complexity index is 1030. The highest BCUT2D eigenvalue weighted by molar-refractivity contribution is 8.00. The fourth-order valence-corrected chi connectivity index (χ4v) is 3.34. The maximum absolute atomic E-state index is 12.2. The number of benzene rings is 2. The molecule has 1 amide bonds. The molecular formula is C21H19N3O3S. The summed E-state index contributed by atoms with van der Waals surface area (Å²) in [4.78, 5) is 16.8. The van der Waals surface area contributed by atoms with Gasteiger partial charge in [0, 0.05) is 17.1 Å². The number of thioether (sulfide) groups is 1. The molecule has 1 N–H and O–H groups in total. The quantitative estimate of drug-likeness (QED) is 0.604. The van der Waals surface area contributed by atoms with Crippen LogP contribution in [0, 0.1) is 11.3 Å². The van der Waals surface area contributed by atoms with Crippen LogP contribution in [0.3, 0.4) is 0 Å². The highest BCUT2D eigenvalue weighted by Gasteiger charge is 2.11. The summed E-state index contributed by atoms with van der Waals surface area (Å²) in [6.07, 6.45) is 0. The third kappa shape index (κ3) is 4.72. The Morgan fingerprint density at radius 1 is 1.18 bits per heavy atom. The van der Waals surface area contributed by atoms with Gasteiger partial charge in [0.2, 0.25) is 5.91 Å². The summed E-state index contributed by atoms with van der Waals surface area (Å²) in [6.45, 7) is 2.48. The number of carbonyl (C=O) groups excluding carboxylic acids is 1. The summed E-state index contributed by atoms with van der Waals surface area (Å²) < 4.78 is 10.6. The first kappa shape index (κ1) is 19.5. The van der Waals surface area contributed by atoms with Crippen molar-refractivity contribution >= 4 is 34.3 Å². The first-order chi connectivity index (χ1) is 13.6. The average molecular weight is 393 g/mol. The molecule has 0 saturated carbocycles. The fourth-order valence-electron chi connectivity index (χ4n) is 2.58. The van der Waals surface area contributed by atoms with E-state index in [2.05, 4.69) is 16.4 Å². The zero-order chi connectivity index (χ0) is 19.9. The van der Waals surface area contributed by atoms with Crippen LogP contribution in [-0.4, -0.2) is 30.4 Å². The van der Waals surface area contributed by atoms with E-state index in [4.69, 9.17) is 9.47 Å². The van der Waals surface area contributed by atoms with Gasteiger partial charge in [0.1, 0.15) is 22.6 Å². The highest BCUT2D eigenvalue weighted by Crippen LogP contribution is 2.27. The van der Waals surface area contributed by atoms with E-state index in [1.807, 2.05) is 25.1 Å². The Morgan fingerprint density at radius 3 is 2.61 bits per heavy atom. The minimum absolute atomic E-state index is 0.143. The molecule has 0 atom stereocenters. The number of carbonyl (C=O) groups is 1. The minimum atomic E-state index is -0.177. The van der Waals surface area contributed by atoms with Crippen molar-refractivity contribution in [1.29, 1.82) is 5.26 Å². The monoisotopic (exact) mass is 393 g/mol. The lowest BCUT2D eigenvalue weighted by molar-refractivity contribution is -0.113. The van der Waals surface area contributed by atoms with Crippen LogP contribution in [0.2, 0.25) is 0 Å². The number of aromatic nitrogens is 1. The number of ether oxygens (including phenoxy) is 2. The molecule has 0 fully saturated rings. The van der Waals surface area contributed by atoms with Crippen LogP contribution in [0.1, 0.15) is 12.5 Å². The zero-order valence-electron chi connectivity index (χ0n) is 15.6. The lowest BCUT2D eigenvalue weighted by Crippen LogP contribution is -2.14. The number of anilines is 1. The predicted octanol–water partition coefficient (Wildman–Crippen LogP) is 4.24. The Hall–Kier alpha value is -3.24. The molecule has 6 nitrogen and oxygen atoms in total. The largest absolute Gasteiger partial charge is 0.497 e. The van der Waals surface area contributed by atoms with Crippen molar-refractivity contribution in [2.24, 2.45) is 0 Å². The SMILES string of the molecule is CCOc1ccc2cc(C#N)c(SCC(=O)Nc3ccc(OC)cc3)nc2c1. The molecule has 7 heteroatoms. The van der Waals surface area contributed by atoms with E-state index in [9.17, 15) is 10.1 Å². The van der Waals surface area contributed by atoms with E-state index in [-0.39, 0.29) is 11.7 Å². The van der Waals surface area contributed by atoms with Gasteiger partial charge in [-0.25, -0.2) is 4.98 Å². The second-order valence-corrected chi connectivity index (χ2v) is 6.77. The Labute approximate surface area is 167 Å². The topological polar surface area (TPSA) is 84.2 Å². The van der Waals surface area contributed by atoms with Gasteiger partial charge in [-0.3, -0.25) is 4.79 Å². The Kier molecular flexibility index (Phi) is 6.35. The van der Waals surface area contributed by atoms with Gasteiger partial charge in [-0.15, -0.1) is 0 Å². The number of nitrogens with zero attached hydrogens (tertiary/aromatic N) is 2. The van der Waals surface area contributed by atoms with E-state index in [0.29, 0.717) is 22.9 Å². The van der Waals surface area contributed by atoms with E-state index in [0.717, 1.165) is 22.4 Å². The van der Waals surface area contributed by atoms with Crippen molar-refractivity contribution < 1.29 is 14.3 Å². The molecule has 0 radical (unpaired) electrons. The zero-order valence-corrected chi connectivity index (χ0v) is 16.4. The van der Waals surface area contributed by atoms with E-state index in [1.165, 1.54) is 11.8 Å². The third-order valence-electron chi connectivity index (χ3n) is 3.90. The van der Waals surface area contributed by atoms with Crippen LogP contribution in [0.5, 0.6) is 11.5 Å². The van der Waals surface area contributed by atoms with E-state index in [1.54, 1.807) is 37.4 Å². The number of rotatable bonds is 7. The molecule has 1 aromatic heterocycles. The van der Waals surface area contributed by atoms with Crippen molar-refractivity contribution in [3.63, 3.8) is 0 Å². The molecule has 0 aliphatic heterocycles. The van der Waals surface area contributed by atoms with Crippen molar-refractivity contribution in [2.75, 3.05) is 24.8 Å². The number of fused-ring (bicyclic) bond motifs is 1. The lowest BCUT2D eigenvalue weighted by atomic mass is 10.1. The maximum atomic E-state index is 12.2. The van der Waals surface area contributed by atoms with Gasteiger partial charge in [-0.05, 0) is 49.4 Å². The average Bonchev–Trinajstić information content (AvgIpc) is 2.72. The van der Waals surface area contributed by atoms with E-state index < -0.39 is 0 Å². The molecule has 3 rings (SSSR count). The van der Waals surface area contributed by atoms with Gasteiger partial charge in [-0.2, -0.15) is 5.26 Å². The second-order valence-electron chi connectivity index (χ2n) is 5.81. The van der Waals surface area contributed by atoms with Crippen LogP contribution in [0.15, 0.2) is 53.6 Å². The van der Waals surface area contributed by atoms with Crippen molar-refractivity contribution in [2.45, 2.75) is 11.9 Å². The molecule has 0 aliphatic rings. The van der Waals surface area contributed by atoms with E-state index >= 15 is 0 Å². The first-order valence-electron chi connectivity index (χ1n) is 8.67. The molecule has 142 valence electrons. The molecule has 0 saturated heterocycles. The summed E-state index contributed by atoms with van der Waals surface area (Å²) in [5, 5.41) is 13.6. The number of nitriles is 1. The Morgan fingerprint density at radius 2 is 1.93 bits per heavy atom. The van der Waals surface area contributed by atoms with Crippen LogP contribution < -0.4 is 14.8 Å². The summed E-state index contributed by atoms with van der Waals surface area (Å²) in [7, 11) is 1.59. The number of amides is 1. The minimum Gasteiger partial charge on any atom is -0.497 e. The van der Waals surface area contributed by atoms with Crippen LogP contribution in [0.25, 0.3) is 10.9 Å². The predicted molar refractivity (Wildman–Crippen MR) is 110 cm³/mol. The Balaban J connectivity index is 1.72.